The lowest BCUT2D eigenvalue weighted by molar-refractivity contribution is -0.137. The van der Waals surface area contributed by atoms with Crippen LogP contribution in [-0.4, -0.2) is 27.1 Å². The molecule has 5 rings (SSSR count). The van der Waals surface area contributed by atoms with Crippen LogP contribution in [0.25, 0.3) is 40.0 Å². The Labute approximate surface area is 184 Å². The smallest absolute Gasteiger partial charge is 0.305 e. The van der Waals surface area contributed by atoms with Crippen LogP contribution in [0.5, 0.6) is 0 Å². The highest BCUT2D eigenvalue weighted by atomic mass is 16.4. The van der Waals surface area contributed by atoms with Crippen molar-refractivity contribution in [1.82, 2.24) is 9.97 Å². The van der Waals surface area contributed by atoms with Gasteiger partial charge in [0.1, 0.15) is 5.69 Å². The number of oxazole rings is 2. The summed E-state index contributed by atoms with van der Waals surface area (Å²) >= 11 is 0. The van der Waals surface area contributed by atoms with Crippen molar-refractivity contribution in [2.45, 2.75) is 25.8 Å². The molecule has 0 saturated carbocycles. The number of benzene rings is 2. The molecule has 2 heterocycles. The summed E-state index contributed by atoms with van der Waals surface area (Å²) in [6.07, 6.45) is 8.15. The molecule has 4 aromatic rings. The average molecular weight is 427 g/mol. The Hall–Kier alpha value is -4.13. The van der Waals surface area contributed by atoms with E-state index in [9.17, 15) is 4.79 Å². The number of hydrogen-bond acceptors (Lipinski definition) is 6. The Balaban J connectivity index is 1.57. The van der Waals surface area contributed by atoms with Gasteiger partial charge < -0.3 is 19.3 Å². The fraction of sp³-hybridized carbons (Fsp3) is 0.160. The number of allylic oxidation sites excluding steroid dienone is 1. The molecule has 2 aromatic heterocycles. The van der Waals surface area contributed by atoms with E-state index in [2.05, 4.69) is 28.5 Å². The lowest BCUT2D eigenvalue weighted by atomic mass is 9.98. The first-order valence-electron chi connectivity index (χ1n) is 10.4. The fourth-order valence-corrected chi connectivity index (χ4v) is 3.92. The lowest BCUT2D eigenvalue weighted by Crippen LogP contribution is -2.19. The maximum atomic E-state index is 11.1. The lowest BCUT2D eigenvalue weighted by Gasteiger charge is -2.09. The minimum atomic E-state index is -0.883. The Bertz CT molecular complexity index is 1290. The Morgan fingerprint density at radius 1 is 1.19 bits per heavy atom. The molecule has 0 bridgehead atoms. The monoisotopic (exact) mass is 427 g/mol. The summed E-state index contributed by atoms with van der Waals surface area (Å²) in [5.41, 5.74) is 5.79. The van der Waals surface area contributed by atoms with Crippen molar-refractivity contribution in [3.8, 4) is 33.9 Å². The number of rotatable bonds is 7. The van der Waals surface area contributed by atoms with E-state index < -0.39 is 5.97 Å². The predicted octanol–water partition coefficient (Wildman–Crippen LogP) is 5.51. The van der Waals surface area contributed by atoms with E-state index >= 15 is 0 Å². The van der Waals surface area contributed by atoms with Gasteiger partial charge in [-0.25, -0.2) is 4.98 Å². The van der Waals surface area contributed by atoms with E-state index in [4.69, 9.17) is 18.9 Å². The zero-order valence-corrected chi connectivity index (χ0v) is 17.4. The first-order chi connectivity index (χ1) is 15.6. The molecule has 1 aliphatic rings. The number of aliphatic carboxylic acids is 1. The van der Waals surface area contributed by atoms with Crippen molar-refractivity contribution >= 4 is 18.1 Å². The molecule has 1 unspecified atom stereocenters. The number of nitrogens with zero attached hydrogens (tertiary/aromatic N) is 2. The van der Waals surface area contributed by atoms with E-state index in [0.717, 1.165) is 28.7 Å². The van der Waals surface area contributed by atoms with E-state index in [1.165, 1.54) is 12.0 Å². The van der Waals surface area contributed by atoms with Gasteiger partial charge in [-0.15, -0.1) is 0 Å². The fourth-order valence-electron chi connectivity index (χ4n) is 3.92. The molecule has 2 aromatic carbocycles. The first-order valence-corrected chi connectivity index (χ1v) is 10.4. The van der Waals surface area contributed by atoms with Crippen LogP contribution >= 0.6 is 0 Å². The minimum Gasteiger partial charge on any atom is -0.481 e. The van der Waals surface area contributed by atoms with Crippen LogP contribution in [0.2, 0.25) is 0 Å². The molecule has 0 aliphatic heterocycles. The first kappa shape index (κ1) is 19.8. The number of nitrogens with one attached hydrogen (secondary N) is 1. The highest BCUT2D eigenvalue weighted by molar-refractivity contribution is 5.85. The number of fused-ring (bicyclic) bond motifs is 1. The highest BCUT2D eigenvalue weighted by Crippen LogP contribution is 2.39. The molecule has 0 saturated heterocycles. The minimum absolute atomic E-state index is 0.0393. The van der Waals surface area contributed by atoms with Gasteiger partial charge in [-0.1, -0.05) is 54.6 Å². The van der Waals surface area contributed by atoms with E-state index in [-0.39, 0.29) is 12.5 Å². The molecular formula is C25H21N3O4. The molecule has 0 amide bonds. The van der Waals surface area contributed by atoms with Crippen molar-refractivity contribution < 1.29 is 18.7 Å². The summed E-state index contributed by atoms with van der Waals surface area (Å²) in [6, 6.07) is 13.9. The van der Waals surface area contributed by atoms with Gasteiger partial charge in [0.2, 0.25) is 0 Å². The molecule has 32 heavy (non-hydrogen) atoms. The summed E-state index contributed by atoms with van der Waals surface area (Å²) in [4.78, 5) is 19.7. The van der Waals surface area contributed by atoms with Crippen molar-refractivity contribution in [2.24, 2.45) is 0 Å². The second-order valence-corrected chi connectivity index (χ2v) is 7.77. The largest absolute Gasteiger partial charge is 0.481 e. The van der Waals surface area contributed by atoms with E-state index in [1.54, 1.807) is 13.1 Å². The molecule has 7 nitrogen and oxygen atoms in total. The molecule has 160 valence electrons. The zero-order valence-electron chi connectivity index (χ0n) is 17.4. The van der Waals surface area contributed by atoms with Crippen LogP contribution in [0.1, 0.15) is 24.5 Å². The van der Waals surface area contributed by atoms with E-state index in [0.29, 0.717) is 23.2 Å². The summed E-state index contributed by atoms with van der Waals surface area (Å²) in [5, 5.41) is 12.2. The Morgan fingerprint density at radius 3 is 2.75 bits per heavy atom. The second-order valence-electron chi connectivity index (χ2n) is 7.77. The number of carbonyl (C=O) groups is 1. The molecule has 0 radical (unpaired) electrons. The van der Waals surface area contributed by atoms with Crippen LogP contribution in [0.4, 0.5) is 6.01 Å². The SMILES string of the molecule is CC(CC(=O)O)Nc1nc(-c2ccc(-c3cnco3)cc2)c(-c2cccc3c2C=CC3)o1. The topological polar surface area (TPSA) is 101 Å². The third kappa shape index (κ3) is 3.80. The van der Waals surface area contributed by atoms with Crippen LogP contribution < -0.4 is 5.32 Å². The number of aromatic nitrogens is 2. The van der Waals surface area contributed by atoms with Crippen LogP contribution in [0, 0.1) is 0 Å². The number of carboxylic acid groups (broad SMARTS) is 1. The van der Waals surface area contributed by atoms with Crippen molar-refractivity contribution in [3.63, 3.8) is 0 Å². The molecule has 0 spiro atoms. The summed E-state index contributed by atoms with van der Waals surface area (Å²) < 4.78 is 11.5. The van der Waals surface area contributed by atoms with Gasteiger partial charge >= 0.3 is 5.97 Å². The quantitative estimate of drug-likeness (QED) is 0.401. The molecule has 2 N–H and O–H groups in total. The summed E-state index contributed by atoms with van der Waals surface area (Å²) in [5.74, 6) is 0.449. The maximum Gasteiger partial charge on any atom is 0.305 e. The second kappa shape index (κ2) is 8.19. The maximum absolute atomic E-state index is 11.1. The van der Waals surface area contributed by atoms with Gasteiger partial charge in [-0.2, -0.15) is 4.98 Å². The third-order valence-electron chi connectivity index (χ3n) is 5.42. The molecule has 1 atom stereocenters. The zero-order chi connectivity index (χ0) is 22.1. The summed E-state index contributed by atoms with van der Waals surface area (Å²) in [7, 11) is 0. The van der Waals surface area contributed by atoms with Gasteiger partial charge in [0, 0.05) is 22.7 Å². The normalized spacial score (nSPS) is 13.2. The third-order valence-corrected chi connectivity index (χ3v) is 5.42. The number of anilines is 1. The molecular weight excluding hydrogens is 406 g/mol. The standard InChI is InChI=1S/C25H21N3O4/c1-15(12-22(29)30)27-25-28-23(18-10-8-17(9-11-18)21-13-26-14-31-21)24(32-25)20-7-3-5-16-4-2-6-19(16)20/h2-3,5-11,13-15H,4,12H2,1H3,(H,27,28)(H,29,30). The van der Waals surface area contributed by atoms with Gasteiger partial charge in [0.25, 0.3) is 6.01 Å². The van der Waals surface area contributed by atoms with Gasteiger partial charge in [-0.3, -0.25) is 4.79 Å². The van der Waals surface area contributed by atoms with Crippen molar-refractivity contribution in [3.05, 3.63) is 72.3 Å². The van der Waals surface area contributed by atoms with Crippen LogP contribution in [0.3, 0.4) is 0 Å². The van der Waals surface area contributed by atoms with E-state index in [1.807, 2.05) is 36.4 Å². The van der Waals surface area contributed by atoms with Gasteiger partial charge in [0.15, 0.2) is 17.9 Å². The van der Waals surface area contributed by atoms with Crippen LogP contribution in [0.15, 0.2) is 70.0 Å². The molecule has 7 heteroatoms. The number of hydrogen-bond donors (Lipinski definition) is 2. The van der Waals surface area contributed by atoms with Crippen molar-refractivity contribution in [2.75, 3.05) is 5.32 Å². The highest BCUT2D eigenvalue weighted by Gasteiger charge is 2.22. The Morgan fingerprint density at radius 2 is 2.00 bits per heavy atom. The number of carboxylic acids is 1. The van der Waals surface area contributed by atoms with Gasteiger partial charge in [-0.05, 0) is 24.5 Å². The molecule has 0 fully saturated rings. The van der Waals surface area contributed by atoms with Crippen LogP contribution in [-0.2, 0) is 11.2 Å². The van der Waals surface area contributed by atoms with Crippen molar-refractivity contribution in [1.29, 1.82) is 0 Å². The van der Waals surface area contributed by atoms with Gasteiger partial charge in [0.05, 0.1) is 12.6 Å². The summed E-state index contributed by atoms with van der Waals surface area (Å²) in [6.45, 7) is 1.78. The molecule has 1 aliphatic carbocycles. The Kier molecular flexibility index (Phi) is 5.07. The predicted molar refractivity (Wildman–Crippen MR) is 121 cm³/mol. The average Bonchev–Trinajstić information content (AvgIpc) is 3.53.